The number of nitriles is 1. The first-order valence-electron chi connectivity index (χ1n) is 3.76. The molecule has 0 heterocycles. The van der Waals surface area contributed by atoms with Crippen molar-refractivity contribution in [3.05, 3.63) is 0 Å². The minimum atomic E-state index is -1.02. The largest absolute Gasteiger partial charge is 0.342 e. The Bertz CT molecular complexity index is 136. The molecule has 0 spiro atoms. The van der Waals surface area contributed by atoms with Gasteiger partial charge in [0.05, 0.1) is 0 Å². The molecule has 0 saturated heterocycles. The second kappa shape index (κ2) is 5.11. The van der Waals surface area contributed by atoms with Gasteiger partial charge in [-0.05, 0) is 6.42 Å². The fraction of sp³-hybridized carbons (Fsp3) is 0.875. The Morgan fingerprint density at radius 3 is 2.18 bits per heavy atom. The van der Waals surface area contributed by atoms with Gasteiger partial charge in [0.25, 0.3) is 5.79 Å². The summed E-state index contributed by atoms with van der Waals surface area (Å²) >= 11 is 0. The van der Waals surface area contributed by atoms with Gasteiger partial charge < -0.3 is 9.47 Å². The first-order chi connectivity index (χ1) is 5.24. The van der Waals surface area contributed by atoms with Crippen molar-refractivity contribution in [2.24, 2.45) is 0 Å². The number of nitrogens with zero attached hydrogens (tertiary/aromatic N) is 1. The van der Waals surface area contributed by atoms with Crippen molar-refractivity contribution in [2.45, 2.75) is 32.0 Å². The molecule has 0 bridgehead atoms. The second-order valence-corrected chi connectivity index (χ2v) is 2.38. The van der Waals surface area contributed by atoms with Crippen LogP contribution in [0.5, 0.6) is 0 Å². The molecule has 3 nitrogen and oxygen atoms in total. The van der Waals surface area contributed by atoms with Crippen LogP contribution in [-0.2, 0) is 9.47 Å². The van der Waals surface area contributed by atoms with Crippen molar-refractivity contribution >= 4 is 0 Å². The quantitative estimate of drug-likeness (QED) is 0.570. The lowest BCUT2D eigenvalue weighted by Crippen LogP contribution is -2.31. The summed E-state index contributed by atoms with van der Waals surface area (Å²) in [6.45, 7) is 2.06. The first kappa shape index (κ1) is 10.4. The maximum absolute atomic E-state index is 8.70. The maximum atomic E-state index is 8.70. The minimum Gasteiger partial charge on any atom is -0.342 e. The molecule has 0 amide bonds. The van der Waals surface area contributed by atoms with E-state index in [1.807, 2.05) is 6.07 Å². The molecule has 0 aromatic rings. The van der Waals surface area contributed by atoms with Crippen molar-refractivity contribution in [1.82, 2.24) is 0 Å². The van der Waals surface area contributed by atoms with Crippen molar-refractivity contribution in [3.8, 4) is 6.07 Å². The Morgan fingerprint density at radius 2 is 1.91 bits per heavy atom. The van der Waals surface area contributed by atoms with Crippen LogP contribution in [0.15, 0.2) is 0 Å². The van der Waals surface area contributed by atoms with Gasteiger partial charge in [-0.15, -0.1) is 0 Å². The van der Waals surface area contributed by atoms with Crippen molar-refractivity contribution < 1.29 is 9.47 Å². The van der Waals surface area contributed by atoms with Gasteiger partial charge in [-0.25, -0.2) is 0 Å². The van der Waals surface area contributed by atoms with Crippen LogP contribution in [0.4, 0.5) is 0 Å². The van der Waals surface area contributed by atoms with E-state index < -0.39 is 5.79 Å². The topological polar surface area (TPSA) is 42.2 Å². The summed E-state index contributed by atoms with van der Waals surface area (Å²) in [7, 11) is 2.98. The first-order valence-corrected chi connectivity index (χ1v) is 3.76. The molecule has 0 aliphatic heterocycles. The number of methoxy groups -OCH3 is 2. The molecule has 3 heteroatoms. The van der Waals surface area contributed by atoms with E-state index in [4.69, 9.17) is 14.7 Å². The highest BCUT2D eigenvalue weighted by molar-refractivity contribution is 4.93. The Hall–Kier alpha value is -0.590. The van der Waals surface area contributed by atoms with Crippen molar-refractivity contribution in [2.75, 3.05) is 14.2 Å². The summed E-state index contributed by atoms with van der Waals surface area (Å²) in [5.74, 6) is -1.02. The summed E-state index contributed by atoms with van der Waals surface area (Å²) in [6.07, 6.45) is 2.61. The average Bonchev–Trinajstić information content (AvgIpc) is 2.08. The van der Waals surface area contributed by atoms with Gasteiger partial charge in [-0.1, -0.05) is 13.3 Å². The molecule has 0 radical (unpaired) electrons. The van der Waals surface area contributed by atoms with E-state index in [0.29, 0.717) is 6.42 Å². The zero-order valence-electron chi connectivity index (χ0n) is 7.39. The van der Waals surface area contributed by atoms with Crippen LogP contribution in [0, 0.1) is 11.3 Å². The number of ether oxygens (including phenoxy) is 2. The van der Waals surface area contributed by atoms with E-state index in [-0.39, 0.29) is 0 Å². The molecule has 0 atom stereocenters. The molecule has 0 N–H and O–H groups in total. The summed E-state index contributed by atoms with van der Waals surface area (Å²) in [5.41, 5.74) is 0. The number of hydrogen-bond donors (Lipinski definition) is 0. The fourth-order valence-corrected chi connectivity index (χ4v) is 0.844. The van der Waals surface area contributed by atoms with Crippen LogP contribution in [0.3, 0.4) is 0 Å². The number of rotatable bonds is 5. The van der Waals surface area contributed by atoms with Gasteiger partial charge in [-0.3, -0.25) is 0 Å². The Kier molecular flexibility index (Phi) is 4.84. The van der Waals surface area contributed by atoms with E-state index in [1.54, 1.807) is 0 Å². The molecule has 0 aliphatic carbocycles. The van der Waals surface area contributed by atoms with Crippen LogP contribution in [0.2, 0.25) is 0 Å². The molecule has 0 aromatic carbocycles. The normalized spacial score (nSPS) is 11.1. The van der Waals surface area contributed by atoms with E-state index in [0.717, 1.165) is 12.8 Å². The highest BCUT2D eigenvalue weighted by atomic mass is 16.7. The van der Waals surface area contributed by atoms with Crippen molar-refractivity contribution in [1.29, 1.82) is 5.26 Å². The molecule has 0 aliphatic rings. The molecular weight excluding hydrogens is 142 g/mol. The highest BCUT2D eigenvalue weighted by Gasteiger charge is 2.27. The molecule has 0 fully saturated rings. The monoisotopic (exact) mass is 157 g/mol. The van der Waals surface area contributed by atoms with E-state index in [1.165, 1.54) is 14.2 Å². The van der Waals surface area contributed by atoms with E-state index >= 15 is 0 Å². The SMILES string of the molecule is CCCCC(C#N)(OC)OC. The van der Waals surface area contributed by atoms with Gasteiger partial charge in [0.1, 0.15) is 6.07 Å². The molecule has 0 rings (SSSR count). The van der Waals surface area contributed by atoms with E-state index in [9.17, 15) is 0 Å². The number of hydrogen-bond acceptors (Lipinski definition) is 3. The lowest BCUT2D eigenvalue weighted by atomic mass is 10.1. The van der Waals surface area contributed by atoms with Gasteiger partial charge >= 0.3 is 0 Å². The van der Waals surface area contributed by atoms with Gasteiger partial charge in [-0.2, -0.15) is 5.26 Å². The molecule has 0 saturated carbocycles. The summed E-state index contributed by atoms with van der Waals surface area (Å²) in [6, 6.07) is 2.01. The maximum Gasteiger partial charge on any atom is 0.258 e. The Labute approximate surface area is 67.9 Å². The predicted molar refractivity (Wildman–Crippen MR) is 41.9 cm³/mol. The van der Waals surface area contributed by atoms with Gasteiger partial charge in [0.15, 0.2) is 0 Å². The van der Waals surface area contributed by atoms with Crippen LogP contribution in [-0.4, -0.2) is 20.0 Å². The highest BCUT2D eigenvalue weighted by Crippen LogP contribution is 2.17. The van der Waals surface area contributed by atoms with E-state index in [2.05, 4.69) is 6.92 Å². The van der Waals surface area contributed by atoms with Crippen molar-refractivity contribution in [3.63, 3.8) is 0 Å². The lowest BCUT2D eigenvalue weighted by Gasteiger charge is -2.22. The zero-order chi connectivity index (χ0) is 8.74. The Morgan fingerprint density at radius 1 is 1.36 bits per heavy atom. The predicted octanol–water partition coefficient (Wildman–Crippen LogP) is 1.69. The third-order valence-electron chi connectivity index (χ3n) is 1.69. The molecule has 64 valence electrons. The molecule has 0 unspecified atom stereocenters. The smallest absolute Gasteiger partial charge is 0.258 e. The van der Waals surface area contributed by atoms with Crippen LogP contribution < -0.4 is 0 Å². The van der Waals surface area contributed by atoms with Crippen LogP contribution >= 0.6 is 0 Å². The molecule has 11 heavy (non-hydrogen) atoms. The third-order valence-corrected chi connectivity index (χ3v) is 1.69. The fourth-order valence-electron chi connectivity index (χ4n) is 0.844. The van der Waals surface area contributed by atoms with Gasteiger partial charge in [0.2, 0.25) is 0 Å². The molecule has 0 aromatic heterocycles. The lowest BCUT2D eigenvalue weighted by molar-refractivity contribution is -0.168. The summed E-state index contributed by atoms with van der Waals surface area (Å²) < 4.78 is 9.91. The summed E-state index contributed by atoms with van der Waals surface area (Å²) in [4.78, 5) is 0. The average molecular weight is 157 g/mol. The molecular formula is C8H15NO2. The third kappa shape index (κ3) is 2.87. The Balaban J connectivity index is 3.97. The van der Waals surface area contributed by atoms with Crippen LogP contribution in [0.1, 0.15) is 26.2 Å². The summed E-state index contributed by atoms with van der Waals surface area (Å²) in [5, 5.41) is 8.70. The van der Waals surface area contributed by atoms with Gasteiger partial charge in [0, 0.05) is 20.6 Å². The minimum absolute atomic E-state index is 0.632. The second-order valence-electron chi connectivity index (χ2n) is 2.38. The van der Waals surface area contributed by atoms with Crippen LogP contribution in [0.25, 0.3) is 0 Å². The zero-order valence-corrected chi connectivity index (χ0v) is 7.39. The number of unbranched alkanes of at least 4 members (excludes halogenated alkanes) is 1. The standard InChI is InChI=1S/C8H15NO2/c1-4-5-6-8(7-9,10-2)11-3/h4-6H2,1-3H3.